The first kappa shape index (κ1) is 20.0. The maximum Gasteiger partial charge on any atom is 0.331 e. The zero-order chi connectivity index (χ0) is 21.8. The van der Waals surface area contributed by atoms with Gasteiger partial charge in [-0.25, -0.2) is 9.36 Å². The Morgan fingerprint density at radius 1 is 1.03 bits per heavy atom. The van der Waals surface area contributed by atoms with Crippen molar-refractivity contribution >= 4 is 23.0 Å². The molecule has 0 saturated carbocycles. The molecular formula is C22H18N6O3. The Morgan fingerprint density at radius 3 is 2.39 bits per heavy atom. The van der Waals surface area contributed by atoms with E-state index < -0.39 is 23.7 Å². The number of nitrogens with one attached hydrogen (secondary N) is 1. The Balaban J connectivity index is 1.48. The summed E-state index contributed by atoms with van der Waals surface area (Å²) in [5.41, 5.74) is 0.901. The molecule has 1 aliphatic heterocycles. The predicted octanol–water partition coefficient (Wildman–Crippen LogP) is 2.88. The molecule has 0 bridgehead atoms. The molecule has 0 saturated heterocycles. The van der Waals surface area contributed by atoms with Gasteiger partial charge < -0.3 is 5.32 Å². The summed E-state index contributed by atoms with van der Waals surface area (Å²) in [6, 6.07) is 17.8. The van der Waals surface area contributed by atoms with Crippen molar-refractivity contribution < 1.29 is 4.79 Å². The van der Waals surface area contributed by atoms with Crippen LogP contribution in [0.25, 0.3) is 0 Å². The van der Waals surface area contributed by atoms with Crippen LogP contribution in [0.15, 0.2) is 74.4 Å². The highest BCUT2D eigenvalue weighted by molar-refractivity contribution is 5.90. The first-order valence-corrected chi connectivity index (χ1v) is 9.70. The van der Waals surface area contributed by atoms with Gasteiger partial charge in [-0.15, -0.1) is 0 Å². The molecule has 9 heteroatoms. The summed E-state index contributed by atoms with van der Waals surface area (Å²) >= 11 is 0. The second-order valence-electron chi connectivity index (χ2n) is 6.99. The monoisotopic (exact) mass is 414 g/mol. The van der Waals surface area contributed by atoms with Crippen LogP contribution in [0.3, 0.4) is 0 Å². The van der Waals surface area contributed by atoms with Crippen LogP contribution in [-0.4, -0.2) is 15.0 Å². The lowest BCUT2D eigenvalue weighted by Crippen LogP contribution is -2.44. The number of carbonyl (C=O) groups is 1. The number of rotatable bonds is 5. The van der Waals surface area contributed by atoms with E-state index in [9.17, 15) is 19.6 Å². The van der Waals surface area contributed by atoms with Crippen molar-refractivity contribution in [1.82, 2.24) is 9.13 Å². The lowest BCUT2D eigenvalue weighted by Gasteiger charge is -2.11. The zero-order valence-electron chi connectivity index (χ0n) is 16.5. The fourth-order valence-corrected chi connectivity index (χ4v) is 3.45. The van der Waals surface area contributed by atoms with E-state index >= 15 is 0 Å². The number of anilines is 1. The van der Waals surface area contributed by atoms with E-state index in [1.807, 2.05) is 36.4 Å². The summed E-state index contributed by atoms with van der Waals surface area (Å²) < 4.78 is 2.21. The maximum atomic E-state index is 12.6. The normalized spacial score (nSPS) is 12.5. The molecule has 0 fully saturated rings. The van der Waals surface area contributed by atoms with Gasteiger partial charge in [0, 0.05) is 17.9 Å². The van der Waals surface area contributed by atoms with Crippen LogP contribution in [0.4, 0.5) is 17.1 Å². The number of fused-ring (bicyclic) bond motifs is 1. The molecule has 9 nitrogen and oxygen atoms in total. The van der Waals surface area contributed by atoms with Gasteiger partial charge in [0.2, 0.25) is 5.91 Å². The number of azo groups is 1. The molecule has 0 unspecified atom stereocenters. The highest BCUT2D eigenvalue weighted by atomic mass is 16.2. The molecule has 1 aromatic heterocycles. The van der Waals surface area contributed by atoms with E-state index in [-0.39, 0.29) is 5.56 Å². The Morgan fingerprint density at radius 2 is 1.71 bits per heavy atom. The fourth-order valence-electron chi connectivity index (χ4n) is 3.45. The van der Waals surface area contributed by atoms with Gasteiger partial charge in [0.05, 0.1) is 11.4 Å². The summed E-state index contributed by atoms with van der Waals surface area (Å²) in [5, 5.41) is 20.2. The van der Waals surface area contributed by atoms with Gasteiger partial charge in [-0.1, -0.05) is 18.2 Å². The summed E-state index contributed by atoms with van der Waals surface area (Å²) in [6.45, 7) is -0.0359. The molecule has 2 aromatic carbocycles. The van der Waals surface area contributed by atoms with Crippen LogP contribution in [0.5, 0.6) is 0 Å². The SMILES string of the molecule is N#Cc1c2n(c(=O)n(CC(=O)Nc3ccc(N=Nc4ccccc4)cc3)c1=O)CCC2. The van der Waals surface area contributed by atoms with E-state index in [1.165, 1.54) is 4.57 Å². The number of hydrogen-bond donors (Lipinski definition) is 1. The van der Waals surface area contributed by atoms with E-state index in [4.69, 9.17) is 0 Å². The topological polar surface area (TPSA) is 122 Å². The molecule has 154 valence electrons. The highest BCUT2D eigenvalue weighted by Crippen LogP contribution is 2.20. The van der Waals surface area contributed by atoms with E-state index in [2.05, 4.69) is 15.5 Å². The van der Waals surface area contributed by atoms with Gasteiger partial charge in [-0.3, -0.25) is 14.2 Å². The van der Waals surface area contributed by atoms with Gasteiger partial charge in [-0.05, 0) is 49.2 Å². The summed E-state index contributed by atoms with van der Waals surface area (Å²) in [7, 11) is 0. The van der Waals surface area contributed by atoms with Crippen LogP contribution in [0.1, 0.15) is 17.7 Å². The van der Waals surface area contributed by atoms with Gasteiger partial charge in [0.25, 0.3) is 5.56 Å². The molecule has 0 radical (unpaired) electrons. The zero-order valence-corrected chi connectivity index (χ0v) is 16.5. The molecule has 4 rings (SSSR count). The molecule has 1 N–H and O–H groups in total. The first-order chi connectivity index (χ1) is 15.1. The molecule has 0 spiro atoms. The largest absolute Gasteiger partial charge is 0.331 e. The Kier molecular flexibility index (Phi) is 5.53. The standard InChI is InChI=1S/C22H18N6O3/c23-13-18-19-7-4-12-27(19)22(31)28(21(18)30)14-20(29)24-15-8-10-17(11-9-15)26-25-16-5-2-1-3-6-16/h1-3,5-6,8-11H,4,7,12,14H2,(H,24,29). The number of benzene rings is 2. The second-order valence-corrected chi connectivity index (χ2v) is 6.99. The average molecular weight is 414 g/mol. The Bertz CT molecular complexity index is 1310. The van der Waals surface area contributed by atoms with Crippen molar-refractivity contribution in [2.75, 3.05) is 5.32 Å². The summed E-state index contributed by atoms with van der Waals surface area (Å²) in [5.74, 6) is -0.541. The van der Waals surface area contributed by atoms with Crippen LogP contribution in [-0.2, 0) is 24.3 Å². The van der Waals surface area contributed by atoms with Crippen molar-refractivity contribution in [2.45, 2.75) is 25.9 Å². The molecule has 1 amide bonds. The van der Waals surface area contributed by atoms with E-state index in [0.717, 1.165) is 10.3 Å². The summed E-state index contributed by atoms with van der Waals surface area (Å²) in [6.07, 6.45) is 1.20. The van der Waals surface area contributed by atoms with E-state index in [1.54, 1.807) is 24.3 Å². The molecular weight excluding hydrogens is 396 g/mol. The van der Waals surface area contributed by atoms with Gasteiger partial charge in [0.1, 0.15) is 18.2 Å². The molecule has 2 heterocycles. The lowest BCUT2D eigenvalue weighted by atomic mass is 10.2. The lowest BCUT2D eigenvalue weighted by molar-refractivity contribution is -0.116. The molecule has 0 atom stereocenters. The van der Waals surface area contributed by atoms with Crippen molar-refractivity contribution in [3.63, 3.8) is 0 Å². The molecule has 3 aromatic rings. The Hall–Kier alpha value is -4.32. The summed E-state index contributed by atoms with van der Waals surface area (Å²) in [4.78, 5) is 37.5. The number of nitrogens with zero attached hydrogens (tertiary/aromatic N) is 5. The molecule has 31 heavy (non-hydrogen) atoms. The van der Waals surface area contributed by atoms with Crippen LogP contribution < -0.4 is 16.6 Å². The van der Waals surface area contributed by atoms with Gasteiger partial charge in [0.15, 0.2) is 0 Å². The number of nitriles is 1. The third-order valence-corrected chi connectivity index (χ3v) is 4.93. The third-order valence-electron chi connectivity index (χ3n) is 4.93. The van der Waals surface area contributed by atoms with Gasteiger partial charge in [-0.2, -0.15) is 15.5 Å². The fraction of sp³-hybridized carbons (Fsp3) is 0.182. The van der Waals surface area contributed by atoms with Crippen molar-refractivity contribution in [2.24, 2.45) is 10.2 Å². The van der Waals surface area contributed by atoms with E-state index in [0.29, 0.717) is 36.5 Å². The smallest absolute Gasteiger partial charge is 0.325 e. The van der Waals surface area contributed by atoms with Crippen molar-refractivity contribution in [3.8, 4) is 6.07 Å². The predicted molar refractivity (Wildman–Crippen MR) is 114 cm³/mol. The first-order valence-electron chi connectivity index (χ1n) is 9.70. The van der Waals surface area contributed by atoms with Crippen LogP contribution >= 0.6 is 0 Å². The number of carbonyl (C=O) groups excluding carboxylic acids is 1. The van der Waals surface area contributed by atoms with Crippen molar-refractivity contribution in [3.05, 3.63) is 86.7 Å². The van der Waals surface area contributed by atoms with Crippen molar-refractivity contribution in [1.29, 1.82) is 5.26 Å². The minimum absolute atomic E-state index is 0.0713. The highest BCUT2D eigenvalue weighted by Gasteiger charge is 2.23. The maximum absolute atomic E-state index is 12.6. The Labute approximate surface area is 176 Å². The molecule has 1 aliphatic rings. The quantitative estimate of drug-likeness (QED) is 0.645. The minimum atomic E-state index is -0.729. The third kappa shape index (κ3) is 4.18. The average Bonchev–Trinajstić information content (AvgIpc) is 3.27. The number of aromatic nitrogens is 2. The van der Waals surface area contributed by atoms with Gasteiger partial charge >= 0.3 is 5.69 Å². The minimum Gasteiger partial charge on any atom is -0.325 e. The number of hydrogen-bond acceptors (Lipinski definition) is 6. The van der Waals surface area contributed by atoms with Crippen LogP contribution in [0.2, 0.25) is 0 Å². The molecule has 0 aliphatic carbocycles. The number of amides is 1. The second kappa shape index (κ2) is 8.59. The van der Waals surface area contributed by atoms with Crippen LogP contribution in [0, 0.1) is 11.3 Å².